The molecule has 7 nitrogen and oxygen atoms in total. The number of hydrogen-bond acceptors (Lipinski definition) is 4. The number of amides is 2. The Hall–Kier alpha value is -5.69. The standard InChI is InChI=1S/C32H21F3N4O3/c1-19-9-13-25(17-21(19)11-10-20-15-22-12-14-28(40)39-29(22)36-18-20)37-31(42)26-7-2-3-8-27(26)38-30(41)23-5-4-6-24(16-23)32(33,34)35/h2-9,12-18H,1H3,(H,37,42)(H,38,41)(H,36,39,40). The molecule has 0 fully saturated rings. The summed E-state index contributed by atoms with van der Waals surface area (Å²) in [7, 11) is 0. The number of aromatic amines is 1. The molecule has 0 spiro atoms. The number of pyridine rings is 2. The number of para-hydroxylation sites is 1. The fourth-order valence-electron chi connectivity index (χ4n) is 4.10. The highest BCUT2D eigenvalue weighted by molar-refractivity contribution is 6.12. The molecular weight excluding hydrogens is 545 g/mol. The maximum atomic E-state index is 13.2. The normalized spacial score (nSPS) is 11.0. The maximum absolute atomic E-state index is 13.2. The number of nitrogens with one attached hydrogen (secondary N) is 3. The Labute approximate surface area is 237 Å². The number of carbonyl (C=O) groups is 2. The first-order chi connectivity index (χ1) is 20.1. The summed E-state index contributed by atoms with van der Waals surface area (Å²) in [6, 6.07) is 20.3. The molecule has 5 rings (SSSR count). The van der Waals surface area contributed by atoms with Crippen LogP contribution in [0.4, 0.5) is 24.5 Å². The van der Waals surface area contributed by atoms with E-state index in [1.807, 2.05) is 6.92 Å². The van der Waals surface area contributed by atoms with Crippen molar-refractivity contribution in [3.05, 3.63) is 135 Å². The van der Waals surface area contributed by atoms with Gasteiger partial charge < -0.3 is 15.6 Å². The van der Waals surface area contributed by atoms with E-state index in [1.165, 1.54) is 24.3 Å². The van der Waals surface area contributed by atoms with Crippen LogP contribution in [-0.4, -0.2) is 21.8 Å². The third-order valence-electron chi connectivity index (χ3n) is 6.28. The van der Waals surface area contributed by atoms with Gasteiger partial charge in [0.25, 0.3) is 11.8 Å². The minimum Gasteiger partial charge on any atom is -0.322 e. The zero-order chi connectivity index (χ0) is 29.9. The van der Waals surface area contributed by atoms with E-state index in [0.717, 1.165) is 29.1 Å². The van der Waals surface area contributed by atoms with E-state index in [9.17, 15) is 27.6 Å². The van der Waals surface area contributed by atoms with Crippen molar-refractivity contribution in [1.82, 2.24) is 9.97 Å². The van der Waals surface area contributed by atoms with Crippen molar-refractivity contribution >= 4 is 34.2 Å². The molecule has 2 aromatic heterocycles. The Morgan fingerprint density at radius 1 is 0.857 bits per heavy atom. The number of aromatic nitrogens is 2. The lowest BCUT2D eigenvalue weighted by atomic mass is 10.1. The van der Waals surface area contributed by atoms with Gasteiger partial charge in [-0.3, -0.25) is 14.4 Å². The van der Waals surface area contributed by atoms with E-state index in [4.69, 9.17) is 0 Å². The molecule has 0 aliphatic carbocycles. The van der Waals surface area contributed by atoms with E-state index in [-0.39, 0.29) is 22.4 Å². The van der Waals surface area contributed by atoms with Crippen LogP contribution in [0.25, 0.3) is 11.0 Å². The van der Waals surface area contributed by atoms with Crippen LogP contribution in [0.5, 0.6) is 0 Å². The van der Waals surface area contributed by atoms with Gasteiger partial charge in [0.15, 0.2) is 0 Å². The lowest BCUT2D eigenvalue weighted by molar-refractivity contribution is -0.137. The first-order valence-electron chi connectivity index (χ1n) is 12.6. The first kappa shape index (κ1) is 27.9. The van der Waals surface area contributed by atoms with Gasteiger partial charge in [-0.25, -0.2) is 4.98 Å². The highest BCUT2D eigenvalue weighted by Gasteiger charge is 2.31. The molecule has 0 aliphatic rings. The molecule has 0 radical (unpaired) electrons. The van der Waals surface area contributed by atoms with Crippen molar-refractivity contribution in [1.29, 1.82) is 0 Å². The fraction of sp³-hybridized carbons (Fsp3) is 0.0625. The van der Waals surface area contributed by atoms with Crippen LogP contribution in [0.3, 0.4) is 0 Å². The molecule has 3 aromatic carbocycles. The molecule has 2 amide bonds. The zero-order valence-corrected chi connectivity index (χ0v) is 22.0. The number of hydrogen-bond donors (Lipinski definition) is 3. The Morgan fingerprint density at radius 2 is 1.67 bits per heavy atom. The summed E-state index contributed by atoms with van der Waals surface area (Å²) < 4.78 is 39.3. The number of carbonyl (C=O) groups excluding carboxylic acids is 2. The van der Waals surface area contributed by atoms with Crippen molar-refractivity contribution < 1.29 is 22.8 Å². The number of anilines is 2. The summed E-state index contributed by atoms with van der Waals surface area (Å²) in [6.07, 6.45) is -3.05. The smallest absolute Gasteiger partial charge is 0.322 e. The molecule has 0 aliphatic heterocycles. The van der Waals surface area contributed by atoms with Gasteiger partial charge in [-0.05, 0) is 67.1 Å². The van der Waals surface area contributed by atoms with Gasteiger partial charge in [0.1, 0.15) is 5.65 Å². The van der Waals surface area contributed by atoms with Crippen molar-refractivity contribution in [2.24, 2.45) is 0 Å². The van der Waals surface area contributed by atoms with E-state index in [2.05, 4.69) is 32.4 Å². The number of halogens is 3. The lowest BCUT2D eigenvalue weighted by Crippen LogP contribution is -2.19. The first-order valence-corrected chi connectivity index (χ1v) is 12.6. The number of aryl methyl sites for hydroxylation is 1. The summed E-state index contributed by atoms with van der Waals surface area (Å²) in [5, 5.41) is 6.05. The van der Waals surface area contributed by atoms with Gasteiger partial charge in [0.2, 0.25) is 5.56 Å². The quantitative estimate of drug-likeness (QED) is 0.227. The topological polar surface area (TPSA) is 104 Å². The average molecular weight is 567 g/mol. The average Bonchev–Trinajstić information content (AvgIpc) is 2.97. The molecule has 10 heteroatoms. The predicted octanol–water partition coefficient (Wildman–Crippen LogP) is 6.15. The van der Waals surface area contributed by atoms with Crippen molar-refractivity contribution in [3.8, 4) is 11.8 Å². The summed E-state index contributed by atoms with van der Waals surface area (Å²) in [5.74, 6) is 4.80. The Bertz CT molecular complexity index is 1970. The number of fused-ring (bicyclic) bond motifs is 1. The molecule has 0 unspecified atom stereocenters. The Balaban J connectivity index is 1.34. The minimum atomic E-state index is -4.60. The third kappa shape index (κ3) is 6.37. The molecule has 0 atom stereocenters. The second-order valence-corrected chi connectivity index (χ2v) is 9.30. The van der Waals surface area contributed by atoms with Crippen LogP contribution >= 0.6 is 0 Å². The van der Waals surface area contributed by atoms with E-state index >= 15 is 0 Å². The molecule has 0 saturated carbocycles. The SMILES string of the molecule is Cc1ccc(NC(=O)c2ccccc2NC(=O)c2cccc(C(F)(F)F)c2)cc1C#Cc1cnc2[nH]c(=O)ccc2c1. The maximum Gasteiger partial charge on any atom is 0.416 e. The molecular formula is C32H21F3N4O3. The van der Waals surface area contributed by atoms with Crippen molar-refractivity contribution in [2.45, 2.75) is 13.1 Å². The van der Waals surface area contributed by atoms with E-state index in [1.54, 1.807) is 48.7 Å². The van der Waals surface area contributed by atoms with Gasteiger partial charge in [-0.1, -0.05) is 36.1 Å². The summed E-state index contributed by atoms with van der Waals surface area (Å²) in [4.78, 5) is 44.3. The van der Waals surface area contributed by atoms with E-state index in [0.29, 0.717) is 22.5 Å². The summed E-state index contributed by atoms with van der Waals surface area (Å²) in [6.45, 7) is 1.87. The largest absolute Gasteiger partial charge is 0.416 e. The van der Waals surface area contributed by atoms with Gasteiger partial charge in [-0.15, -0.1) is 0 Å². The van der Waals surface area contributed by atoms with Crippen molar-refractivity contribution in [2.75, 3.05) is 10.6 Å². The lowest BCUT2D eigenvalue weighted by Gasteiger charge is -2.13. The second kappa shape index (κ2) is 11.4. The molecule has 42 heavy (non-hydrogen) atoms. The number of nitrogens with zero attached hydrogens (tertiary/aromatic N) is 1. The molecule has 5 aromatic rings. The summed E-state index contributed by atoms with van der Waals surface area (Å²) in [5.41, 5.74) is 1.92. The van der Waals surface area contributed by atoms with Gasteiger partial charge >= 0.3 is 6.18 Å². The van der Waals surface area contributed by atoms with Crippen molar-refractivity contribution in [3.63, 3.8) is 0 Å². The number of benzene rings is 3. The van der Waals surface area contributed by atoms with Crippen LogP contribution in [0, 0.1) is 18.8 Å². The fourth-order valence-corrected chi connectivity index (χ4v) is 4.10. The minimum absolute atomic E-state index is 0.117. The highest BCUT2D eigenvalue weighted by Crippen LogP contribution is 2.30. The Kier molecular flexibility index (Phi) is 7.58. The van der Waals surface area contributed by atoms with E-state index < -0.39 is 23.6 Å². The van der Waals surface area contributed by atoms with Crippen LogP contribution in [-0.2, 0) is 6.18 Å². The molecule has 208 valence electrons. The molecule has 2 heterocycles. The monoisotopic (exact) mass is 566 g/mol. The molecule has 0 saturated heterocycles. The van der Waals surface area contributed by atoms with Gasteiger partial charge in [-0.2, -0.15) is 13.2 Å². The second-order valence-electron chi connectivity index (χ2n) is 9.30. The Morgan fingerprint density at radius 3 is 2.48 bits per heavy atom. The predicted molar refractivity (Wildman–Crippen MR) is 153 cm³/mol. The number of rotatable bonds is 4. The number of H-pyrrole nitrogens is 1. The van der Waals surface area contributed by atoms with Crippen LogP contribution < -0.4 is 16.2 Å². The van der Waals surface area contributed by atoms with Gasteiger partial charge in [0.05, 0.1) is 16.8 Å². The molecule has 0 bridgehead atoms. The van der Waals surface area contributed by atoms with Crippen LogP contribution in [0.2, 0.25) is 0 Å². The number of alkyl halides is 3. The van der Waals surface area contributed by atoms with Crippen LogP contribution in [0.15, 0.2) is 95.9 Å². The highest BCUT2D eigenvalue weighted by atomic mass is 19.4. The van der Waals surface area contributed by atoms with Crippen LogP contribution in [0.1, 0.15) is 43.0 Å². The third-order valence-corrected chi connectivity index (χ3v) is 6.28. The summed E-state index contributed by atoms with van der Waals surface area (Å²) >= 11 is 0. The molecule has 3 N–H and O–H groups in total. The van der Waals surface area contributed by atoms with Gasteiger partial charge in [0, 0.05) is 40.0 Å². The zero-order valence-electron chi connectivity index (χ0n) is 22.0.